The molecule has 0 bridgehead atoms. The molecular weight excluding hydrogens is 414 g/mol. The zero-order chi connectivity index (χ0) is 19.6. The van der Waals surface area contributed by atoms with Crippen LogP contribution in [0.4, 0.5) is 18.9 Å². The number of carbonyl (C=O) groups excluding carboxylic acids is 1. The second-order valence-corrected chi connectivity index (χ2v) is 6.54. The van der Waals surface area contributed by atoms with E-state index in [1.807, 2.05) is 0 Å². The van der Waals surface area contributed by atoms with Crippen molar-refractivity contribution in [3.63, 3.8) is 0 Å². The summed E-state index contributed by atoms with van der Waals surface area (Å²) >= 11 is 18.3. The maximum atomic E-state index is 13.0. The third-order valence-corrected chi connectivity index (χ3v) is 5.05. The Hall–Kier alpha value is -1.63. The Bertz CT molecular complexity index is 825. The maximum absolute atomic E-state index is 13.0. The Morgan fingerprint density at radius 2 is 1.58 bits per heavy atom. The molecule has 2 aromatic rings. The standard InChI is InChI=1S/C17H13Cl3F3NO2/c1-8-13(18)9(2)15(20)16(14(8)19)26-7-12(25)24-11-6-4-3-5-10(11)17(21,22)23/h3-6H,7H2,1-2H3,(H,24,25). The smallest absolute Gasteiger partial charge is 0.418 e. The Morgan fingerprint density at radius 3 is 2.12 bits per heavy atom. The van der Waals surface area contributed by atoms with Gasteiger partial charge in [0.2, 0.25) is 0 Å². The van der Waals surface area contributed by atoms with Crippen LogP contribution in [0.2, 0.25) is 15.1 Å². The molecule has 0 aromatic heterocycles. The van der Waals surface area contributed by atoms with Gasteiger partial charge in [-0.3, -0.25) is 4.79 Å². The highest BCUT2D eigenvalue weighted by molar-refractivity contribution is 6.42. The highest BCUT2D eigenvalue weighted by Gasteiger charge is 2.33. The molecule has 1 N–H and O–H groups in total. The summed E-state index contributed by atoms with van der Waals surface area (Å²) < 4.78 is 44.2. The molecule has 140 valence electrons. The van der Waals surface area contributed by atoms with Crippen LogP contribution in [0.1, 0.15) is 16.7 Å². The number of carbonyl (C=O) groups is 1. The van der Waals surface area contributed by atoms with Gasteiger partial charge in [-0.25, -0.2) is 0 Å². The van der Waals surface area contributed by atoms with E-state index in [0.29, 0.717) is 16.1 Å². The average Bonchev–Trinajstić information content (AvgIpc) is 2.57. The quantitative estimate of drug-likeness (QED) is 0.623. The van der Waals surface area contributed by atoms with Crippen molar-refractivity contribution in [3.05, 3.63) is 56.0 Å². The Kier molecular flexibility index (Phi) is 6.32. The van der Waals surface area contributed by atoms with Gasteiger partial charge in [-0.15, -0.1) is 0 Å². The van der Waals surface area contributed by atoms with Gasteiger partial charge in [-0.1, -0.05) is 46.9 Å². The lowest BCUT2D eigenvalue weighted by molar-refractivity contribution is -0.137. The molecule has 0 saturated carbocycles. The molecular formula is C17H13Cl3F3NO2. The molecule has 9 heteroatoms. The summed E-state index contributed by atoms with van der Waals surface area (Å²) in [5, 5.41) is 2.81. The largest absolute Gasteiger partial charge is 0.481 e. The second kappa shape index (κ2) is 7.94. The molecule has 0 atom stereocenters. The third-order valence-electron chi connectivity index (χ3n) is 3.57. The maximum Gasteiger partial charge on any atom is 0.418 e. The molecule has 1 amide bonds. The van der Waals surface area contributed by atoms with E-state index in [0.717, 1.165) is 12.1 Å². The van der Waals surface area contributed by atoms with Crippen LogP contribution < -0.4 is 10.1 Å². The van der Waals surface area contributed by atoms with Crippen molar-refractivity contribution in [1.82, 2.24) is 0 Å². The van der Waals surface area contributed by atoms with E-state index in [2.05, 4.69) is 5.32 Å². The Morgan fingerprint density at radius 1 is 1.04 bits per heavy atom. The summed E-state index contributed by atoms with van der Waals surface area (Å²) in [5.41, 5.74) is -0.280. The van der Waals surface area contributed by atoms with Crippen molar-refractivity contribution >= 4 is 46.4 Å². The number of alkyl halides is 3. The van der Waals surface area contributed by atoms with Crippen molar-refractivity contribution in [2.75, 3.05) is 11.9 Å². The fourth-order valence-electron chi connectivity index (χ4n) is 2.20. The first-order valence-corrected chi connectivity index (χ1v) is 8.40. The SMILES string of the molecule is Cc1c(Cl)c(C)c(Cl)c(OCC(=O)Nc2ccccc2C(F)(F)F)c1Cl. The predicted octanol–water partition coefficient (Wildman–Crippen LogP) is 6.30. The minimum Gasteiger partial charge on any atom is -0.481 e. The van der Waals surface area contributed by atoms with E-state index < -0.39 is 24.3 Å². The number of halogens is 6. The van der Waals surface area contributed by atoms with Crippen LogP contribution in [0.3, 0.4) is 0 Å². The number of ether oxygens (including phenoxy) is 1. The van der Waals surface area contributed by atoms with Crippen LogP contribution in [0.25, 0.3) is 0 Å². The van der Waals surface area contributed by atoms with Crippen LogP contribution in [0.15, 0.2) is 24.3 Å². The molecule has 0 aliphatic heterocycles. The van der Waals surface area contributed by atoms with Gasteiger partial charge in [0.25, 0.3) is 5.91 Å². The molecule has 0 unspecified atom stereocenters. The summed E-state index contributed by atoms with van der Waals surface area (Å²) in [6, 6.07) is 4.63. The summed E-state index contributed by atoms with van der Waals surface area (Å²) in [5.74, 6) is -0.744. The fourth-order valence-corrected chi connectivity index (χ4v) is 3.02. The van der Waals surface area contributed by atoms with Gasteiger partial charge in [0.05, 0.1) is 21.3 Å². The number of para-hydroxylation sites is 1. The van der Waals surface area contributed by atoms with E-state index in [9.17, 15) is 18.0 Å². The summed E-state index contributed by atoms with van der Waals surface area (Å²) in [4.78, 5) is 12.0. The molecule has 2 rings (SSSR count). The lowest BCUT2D eigenvalue weighted by atomic mass is 10.1. The molecule has 0 aliphatic rings. The van der Waals surface area contributed by atoms with Crippen molar-refractivity contribution in [2.45, 2.75) is 20.0 Å². The van der Waals surface area contributed by atoms with Crippen LogP contribution in [0.5, 0.6) is 5.75 Å². The lowest BCUT2D eigenvalue weighted by Gasteiger charge is -2.16. The van der Waals surface area contributed by atoms with E-state index in [4.69, 9.17) is 39.5 Å². The Labute approximate surface area is 163 Å². The fraction of sp³-hybridized carbons (Fsp3) is 0.235. The van der Waals surface area contributed by atoms with E-state index in [-0.39, 0.29) is 21.5 Å². The molecule has 26 heavy (non-hydrogen) atoms. The van der Waals surface area contributed by atoms with E-state index >= 15 is 0 Å². The third kappa shape index (κ3) is 4.37. The normalized spacial score (nSPS) is 11.4. The molecule has 3 nitrogen and oxygen atoms in total. The average molecular weight is 427 g/mol. The lowest BCUT2D eigenvalue weighted by Crippen LogP contribution is -2.22. The summed E-state index contributed by atoms with van der Waals surface area (Å²) in [6.07, 6.45) is -4.60. The molecule has 2 aromatic carbocycles. The number of benzene rings is 2. The molecule has 0 spiro atoms. The van der Waals surface area contributed by atoms with Gasteiger partial charge in [0.1, 0.15) is 0 Å². The monoisotopic (exact) mass is 425 g/mol. The van der Waals surface area contributed by atoms with Crippen molar-refractivity contribution < 1.29 is 22.7 Å². The predicted molar refractivity (Wildman–Crippen MR) is 96.5 cm³/mol. The van der Waals surface area contributed by atoms with Gasteiger partial charge in [0, 0.05) is 5.02 Å². The summed E-state index contributed by atoms with van der Waals surface area (Å²) in [7, 11) is 0. The van der Waals surface area contributed by atoms with Crippen LogP contribution >= 0.6 is 34.8 Å². The van der Waals surface area contributed by atoms with Crippen LogP contribution in [0, 0.1) is 13.8 Å². The number of hydrogen-bond donors (Lipinski definition) is 1. The number of hydrogen-bond acceptors (Lipinski definition) is 2. The van der Waals surface area contributed by atoms with Crippen molar-refractivity contribution in [3.8, 4) is 5.75 Å². The molecule has 0 radical (unpaired) electrons. The van der Waals surface area contributed by atoms with Gasteiger partial charge >= 0.3 is 6.18 Å². The first kappa shape index (κ1) is 20.7. The number of nitrogens with one attached hydrogen (secondary N) is 1. The first-order chi connectivity index (χ1) is 12.0. The first-order valence-electron chi connectivity index (χ1n) is 7.26. The number of rotatable bonds is 4. The zero-order valence-electron chi connectivity index (χ0n) is 13.6. The van der Waals surface area contributed by atoms with Crippen LogP contribution in [-0.2, 0) is 11.0 Å². The summed E-state index contributed by atoms with van der Waals surface area (Å²) in [6.45, 7) is 2.73. The molecule has 0 heterocycles. The molecule has 0 fully saturated rings. The topological polar surface area (TPSA) is 38.3 Å². The van der Waals surface area contributed by atoms with Gasteiger partial charge in [-0.2, -0.15) is 13.2 Å². The highest BCUT2D eigenvalue weighted by Crippen LogP contribution is 2.42. The van der Waals surface area contributed by atoms with Crippen molar-refractivity contribution in [2.24, 2.45) is 0 Å². The minimum atomic E-state index is -4.60. The second-order valence-electron chi connectivity index (χ2n) is 5.40. The minimum absolute atomic E-state index is 0.0481. The zero-order valence-corrected chi connectivity index (χ0v) is 15.9. The van der Waals surface area contributed by atoms with Gasteiger partial charge in [-0.05, 0) is 37.1 Å². The Balaban J connectivity index is 2.17. The number of amides is 1. The van der Waals surface area contributed by atoms with E-state index in [1.165, 1.54) is 12.1 Å². The molecule has 0 saturated heterocycles. The van der Waals surface area contributed by atoms with Gasteiger partial charge < -0.3 is 10.1 Å². The van der Waals surface area contributed by atoms with Crippen molar-refractivity contribution in [1.29, 1.82) is 0 Å². The number of anilines is 1. The van der Waals surface area contributed by atoms with Gasteiger partial charge in [0.15, 0.2) is 12.4 Å². The van der Waals surface area contributed by atoms with E-state index in [1.54, 1.807) is 13.8 Å². The highest BCUT2D eigenvalue weighted by atomic mass is 35.5. The molecule has 0 aliphatic carbocycles. The van der Waals surface area contributed by atoms with Crippen LogP contribution in [-0.4, -0.2) is 12.5 Å².